The zero-order chi connectivity index (χ0) is 17.5. The van der Waals surface area contributed by atoms with Gasteiger partial charge in [-0.1, -0.05) is 24.3 Å². The van der Waals surface area contributed by atoms with Crippen molar-refractivity contribution in [1.29, 1.82) is 0 Å². The van der Waals surface area contributed by atoms with Crippen LogP contribution in [0.3, 0.4) is 0 Å². The van der Waals surface area contributed by atoms with Crippen molar-refractivity contribution in [2.45, 2.75) is 51.4 Å². The van der Waals surface area contributed by atoms with Crippen molar-refractivity contribution >= 4 is 5.91 Å². The van der Waals surface area contributed by atoms with Gasteiger partial charge in [0.25, 0.3) is 0 Å². The molecule has 3 rings (SSSR count). The second kappa shape index (κ2) is 9.32. The summed E-state index contributed by atoms with van der Waals surface area (Å²) in [6, 6.07) is 8.61. The summed E-state index contributed by atoms with van der Waals surface area (Å²) in [5.74, 6) is -0.0341. The molecule has 5 heteroatoms. The minimum absolute atomic E-state index is 0.0341. The van der Waals surface area contributed by atoms with Crippen molar-refractivity contribution in [1.82, 2.24) is 10.2 Å². The summed E-state index contributed by atoms with van der Waals surface area (Å²) in [7, 11) is 0. The first-order valence-corrected chi connectivity index (χ1v) is 9.52. The Morgan fingerprint density at radius 2 is 2.20 bits per heavy atom. The summed E-state index contributed by atoms with van der Waals surface area (Å²) in [6.07, 6.45) is 4.17. The predicted octanol–water partition coefficient (Wildman–Crippen LogP) is 2.14. The summed E-state index contributed by atoms with van der Waals surface area (Å²) < 4.78 is 11.3. The van der Waals surface area contributed by atoms with Crippen LogP contribution >= 0.6 is 0 Å². The Morgan fingerprint density at radius 1 is 1.36 bits per heavy atom. The van der Waals surface area contributed by atoms with Crippen LogP contribution < -0.4 is 5.32 Å². The fourth-order valence-corrected chi connectivity index (χ4v) is 3.49. The van der Waals surface area contributed by atoms with Crippen LogP contribution in [0.1, 0.15) is 37.3 Å². The molecular formula is C20H30N2O3. The number of ether oxygens (including phenoxy) is 2. The lowest BCUT2D eigenvalue weighted by molar-refractivity contribution is -0.135. The van der Waals surface area contributed by atoms with Crippen molar-refractivity contribution in [3.63, 3.8) is 0 Å². The lowest BCUT2D eigenvalue weighted by Gasteiger charge is -2.29. The zero-order valence-corrected chi connectivity index (χ0v) is 15.2. The van der Waals surface area contributed by atoms with Crippen LogP contribution in [-0.2, 0) is 27.2 Å². The summed E-state index contributed by atoms with van der Waals surface area (Å²) in [5.41, 5.74) is 2.86. The van der Waals surface area contributed by atoms with Crippen molar-refractivity contribution in [2.24, 2.45) is 0 Å². The van der Waals surface area contributed by atoms with Gasteiger partial charge in [-0.2, -0.15) is 0 Å². The maximum absolute atomic E-state index is 12.2. The molecule has 1 N–H and O–H groups in total. The molecule has 1 saturated heterocycles. The third-order valence-electron chi connectivity index (χ3n) is 5.11. The Kier molecular flexibility index (Phi) is 6.84. The van der Waals surface area contributed by atoms with Crippen LogP contribution in [0.15, 0.2) is 24.3 Å². The normalized spacial score (nSPS) is 22.2. The molecule has 0 unspecified atom stereocenters. The summed E-state index contributed by atoms with van der Waals surface area (Å²) in [4.78, 5) is 14.6. The molecule has 0 spiro atoms. The molecule has 2 heterocycles. The molecule has 1 fully saturated rings. The van der Waals surface area contributed by atoms with Gasteiger partial charge in [0.05, 0.1) is 12.7 Å². The van der Waals surface area contributed by atoms with Crippen LogP contribution in [0.25, 0.3) is 0 Å². The Morgan fingerprint density at radius 3 is 3.00 bits per heavy atom. The highest BCUT2D eigenvalue weighted by Crippen LogP contribution is 2.17. The standard InChI is InChI=1S/C20H30N2O3/c1-16(25-15-19-8-4-5-13-24-19)20(23)21-10-12-22-11-9-17-6-2-3-7-18(17)14-22/h2-3,6-7,16,19H,4-5,8-15H2,1H3,(H,21,23)/t16-,19+/m0/s1. The van der Waals surface area contributed by atoms with E-state index in [2.05, 4.69) is 34.5 Å². The number of amides is 1. The number of benzene rings is 1. The number of hydrogen-bond donors (Lipinski definition) is 1. The topological polar surface area (TPSA) is 50.8 Å². The monoisotopic (exact) mass is 346 g/mol. The van der Waals surface area contributed by atoms with E-state index in [1.807, 2.05) is 6.92 Å². The van der Waals surface area contributed by atoms with E-state index in [1.54, 1.807) is 0 Å². The fraction of sp³-hybridized carbons (Fsp3) is 0.650. The highest BCUT2D eigenvalue weighted by molar-refractivity contribution is 5.80. The van der Waals surface area contributed by atoms with Gasteiger partial charge in [-0.25, -0.2) is 0 Å². The number of nitrogens with zero attached hydrogens (tertiary/aromatic N) is 1. The molecule has 5 nitrogen and oxygen atoms in total. The van der Waals surface area contributed by atoms with Gasteiger partial charge in [-0.3, -0.25) is 9.69 Å². The van der Waals surface area contributed by atoms with Crippen molar-refractivity contribution in [3.8, 4) is 0 Å². The smallest absolute Gasteiger partial charge is 0.248 e. The highest BCUT2D eigenvalue weighted by atomic mass is 16.5. The second-order valence-electron chi connectivity index (χ2n) is 7.05. The molecule has 1 aromatic rings. The van der Waals surface area contributed by atoms with Gasteiger partial charge in [-0.15, -0.1) is 0 Å². The van der Waals surface area contributed by atoms with Gasteiger partial charge in [0.2, 0.25) is 5.91 Å². The average molecular weight is 346 g/mol. The lowest BCUT2D eigenvalue weighted by Crippen LogP contribution is -2.41. The van der Waals surface area contributed by atoms with Gasteiger partial charge in [0.15, 0.2) is 0 Å². The minimum Gasteiger partial charge on any atom is -0.376 e. The molecule has 1 amide bonds. The van der Waals surface area contributed by atoms with E-state index in [0.29, 0.717) is 13.2 Å². The van der Waals surface area contributed by atoms with Crippen LogP contribution in [0.5, 0.6) is 0 Å². The molecular weight excluding hydrogens is 316 g/mol. The van der Waals surface area contributed by atoms with E-state index < -0.39 is 6.10 Å². The average Bonchev–Trinajstić information content (AvgIpc) is 2.66. The fourth-order valence-electron chi connectivity index (χ4n) is 3.49. The van der Waals surface area contributed by atoms with E-state index in [4.69, 9.17) is 9.47 Å². The van der Waals surface area contributed by atoms with Crippen molar-refractivity contribution < 1.29 is 14.3 Å². The maximum Gasteiger partial charge on any atom is 0.248 e. The third-order valence-corrected chi connectivity index (χ3v) is 5.11. The first-order chi connectivity index (χ1) is 12.2. The van der Waals surface area contributed by atoms with Gasteiger partial charge in [0, 0.05) is 32.8 Å². The van der Waals surface area contributed by atoms with Crippen LogP contribution in [0.4, 0.5) is 0 Å². The van der Waals surface area contributed by atoms with Gasteiger partial charge < -0.3 is 14.8 Å². The zero-order valence-electron chi connectivity index (χ0n) is 15.2. The Bertz CT molecular complexity index is 558. The number of nitrogens with one attached hydrogen (secondary N) is 1. The van der Waals surface area contributed by atoms with E-state index in [0.717, 1.165) is 45.5 Å². The summed E-state index contributed by atoms with van der Waals surface area (Å²) >= 11 is 0. The van der Waals surface area contributed by atoms with E-state index in [-0.39, 0.29) is 12.0 Å². The molecule has 2 aliphatic rings. The predicted molar refractivity (Wildman–Crippen MR) is 97.4 cm³/mol. The van der Waals surface area contributed by atoms with Gasteiger partial charge in [-0.05, 0) is 43.7 Å². The van der Waals surface area contributed by atoms with Gasteiger partial charge >= 0.3 is 0 Å². The number of rotatable bonds is 7. The van der Waals surface area contributed by atoms with E-state index >= 15 is 0 Å². The molecule has 0 aliphatic carbocycles. The van der Waals surface area contributed by atoms with Crippen LogP contribution in [-0.4, -0.2) is 55.9 Å². The second-order valence-corrected chi connectivity index (χ2v) is 7.05. The number of carbonyl (C=O) groups excluding carboxylic acids is 1. The largest absolute Gasteiger partial charge is 0.376 e. The molecule has 2 aliphatic heterocycles. The van der Waals surface area contributed by atoms with Crippen LogP contribution in [0.2, 0.25) is 0 Å². The first-order valence-electron chi connectivity index (χ1n) is 9.52. The quantitative estimate of drug-likeness (QED) is 0.822. The Hall–Kier alpha value is -1.43. The number of carbonyl (C=O) groups is 1. The summed E-state index contributed by atoms with van der Waals surface area (Å²) in [5, 5.41) is 3.00. The maximum atomic E-state index is 12.2. The van der Waals surface area contributed by atoms with E-state index in [1.165, 1.54) is 17.5 Å². The molecule has 1 aromatic carbocycles. The first kappa shape index (κ1) is 18.4. The SMILES string of the molecule is C[C@H](OC[C@H]1CCCCO1)C(=O)NCCN1CCc2ccccc2C1. The van der Waals surface area contributed by atoms with Crippen LogP contribution in [0, 0.1) is 0 Å². The Balaban J connectivity index is 1.32. The molecule has 0 aromatic heterocycles. The molecule has 0 radical (unpaired) electrons. The van der Waals surface area contributed by atoms with Gasteiger partial charge in [0.1, 0.15) is 6.10 Å². The third kappa shape index (κ3) is 5.53. The number of fused-ring (bicyclic) bond motifs is 1. The highest BCUT2D eigenvalue weighted by Gasteiger charge is 2.19. The number of hydrogen-bond acceptors (Lipinski definition) is 4. The lowest BCUT2D eigenvalue weighted by atomic mass is 10.00. The van der Waals surface area contributed by atoms with Crippen molar-refractivity contribution in [2.75, 3.05) is 32.8 Å². The molecule has 138 valence electrons. The molecule has 0 saturated carbocycles. The van der Waals surface area contributed by atoms with E-state index in [9.17, 15) is 4.79 Å². The molecule has 0 bridgehead atoms. The Labute approximate surface area is 150 Å². The molecule has 2 atom stereocenters. The minimum atomic E-state index is -0.424. The van der Waals surface area contributed by atoms with Crippen molar-refractivity contribution in [3.05, 3.63) is 35.4 Å². The summed E-state index contributed by atoms with van der Waals surface area (Å²) in [6.45, 7) is 6.70. The molecule has 25 heavy (non-hydrogen) atoms.